The van der Waals surface area contributed by atoms with Gasteiger partial charge in [-0.2, -0.15) is 0 Å². The predicted octanol–water partition coefficient (Wildman–Crippen LogP) is 2.86. The minimum Gasteiger partial charge on any atom is -0.496 e. The van der Waals surface area contributed by atoms with E-state index in [2.05, 4.69) is 17.2 Å². The first-order chi connectivity index (χ1) is 9.31. The summed E-state index contributed by atoms with van der Waals surface area (Å²) in [5.41, 5.74) is 2.85. The van der Waals surface area contributed by atoms with E-state index in [1.807, 2.05) is 29.9 Å². The number of methoxy groups -OCH3 is 2. The molecule has 1 unspecified atom stereocenters. The van der Waals surface area contributed by atoms with Gasteiger partial charge in [0, 0.05) is 11.1 Å². The number of nitrogens with one attached hydrogen (secondary N) is 1. The molecule has 1 atom stereocenters. The van der Waals surface area contributed by atoms with Crippen LogP contribution < -0.4 is 14.8 Å². The summed E-state index contributed by atoms with van der Waals surface area (Å²) in [6.45, 7) is 2.93. The molecule has 0 saturated heterocycles. The van der Waals surface area contributed by atoms with Gasteiger partial charge < -0.3 is 14.8 Å². The van der Waals surface area contributed by atoms with Crippen LogP contribution in [0.3, 0.4) is 0 Å². The molecule has 0 fully saturated rings. The number of hydrogen-bond acceptors (Lipinski definition) is 5. The minimum absolute atomic E-state index is 0.0311. The lowest BCUT2D eigenvalue weighted by atomic mass is 10.0. The molecule has 0 amide bonds. The molecule has 5 heteroatoms. The zero-order chi connectivity index (χ0) is 13.7. The summed E-state index contributed by atoms with van der Waals surface area (Å²) < 4.78 is 11.0. The normalized spacial score (nSPS) is 12.2. The maximum atomic E-state index is 5.48. The Morgan fingerprint density at radius 2 is 1.95 bits per heavy atom. The number of aromatic nitrogens is 1. The summed E-state index contributed by atoms with van der Waals surface area (Å²) in [5.74, 6) is 1.64. The number of nitrogens with zero attached hydrogens (tertiary/aromatic N) is 1. The Balaban J connectivity index is 2.52. The second-order valence-corrected chi connectivity index (χ2v) is 4.89. The molecule has 0 aliphatic heterocycles. The highest BCUT2D eigenvalue weighted by molar-refractivity contribution is 7.09. The summed E-state index contributed by atoms with van der Waals surface area (Å²) >= 11 is 1.62. The molecule has 19 heavy (non-hydrogen) atoms. The average Bonchev–Trinajstić information content (AvgIpc) is 2.98. The molecule has 0 saturated carbocycles. The zero-order valence-corrected chi connectivity index (χ0v) is 12.2. The minimum atomic E-state index is 0.0311. The maximum absolute atomic E-state index is 5.48. The topological polar surface area (TPSA) is 43.4 Å². The van der Waals surface area contributed by atoms with Crippen LogP contribution in [0.4, 0.5) is 0 Å². The Morgan fingerprint density at radius 3 is 2.42 bits per heavy atom. The van der Waals surface area contributed by atoms with Crippen molar-refractivity contribution < 1.29 is 9.47 Å². The molecule has 2 rings (SSSR count). The quantitative estimate of drug-likeness (QED) is 0.882. The van der Waals surface area contributed by atoms with E-state index in [1.54, 1.807) is 25.6 Å². The largest absolute Gasteiger partial charge is 0.496 e. The first-order valence-corrected chi connectivity index (χ1v) is 7.02. The second kappa shape index (κ2) is 6.54. The van der Waals surface area contributed by atoms with E-state index in [1.165, 1.54) is 0 Å². The fraction of sp³-hybridized carbons (Fsp3) is 0.357. The number of hydrogen-bond donors (Lipinski definition) is 1. The van der Waals surface area contributed by atoms with E-state index in [9.17, 15) is 0 Å². The van der Waals surface area contributed by atoms with Crippen molar-refractivity contribution >= 4 is 11.3 Å². The van der Waals surface area contributed by atoms with Crippen LogP contribution in [0.25, 0.3) is 0 Å². The first-order valence-electron chi connectivity index (χ1n) is 6.14. The molecule has 0 aliphatic carbocycles. The number of benzene rings is 1. The van der Waals surface area contributed by atoms with E-state index in [0.717, 1.165) is 28.5 Å². The third-order valence-corrected chi connectivity index (χ3v) is 3.74. The van der Waals surface area contributed by atoms with Gasteiger partial charge >= 0.3 is 0 Å². The van der Waals surface area contributed by atoms with Crippen LogP contribution in [0, 0.1) is 0 Å². The van der Waals surface area contributed by atoms with Crippen LogP contribution in [-0.4, -0.2) is 25.7 Å². The summed E-state index contributed by atoms with van der Waals surface area (Å²) in [6.07, 6.45) is 1.88. The molecule has 4 nitrogen and oxygen atoms in total. The number of thiazole rings is 1. The SMILES string of the molecule is CCNC(c1cncs1)c1c(OC)cccc1OC. The third kappa shape index (κ3) is 2.88. The van der Waals surface area contributed by atoms with Crippen molar-refractivity contribution in [2.24, 2.45) is 0 Å². The molecular weight excluding hydrogens is 260 g/mol. The third-order valence-electron chi connectivity index (χ3n) is 2.90. The Bertz CT molecular complexity index is 492. The van der Waals surface area contributed by atoms with Crippen LogP contribution in [0.2, 0.25) is 0 Å². The molecule has 1 N–H and O–H groups in total. The molecule has 1 aromatic carbocycles. The number of ether oxygens (including phenoxy) is 2. The molecule has 102 valence electrons. The van der Waals surface area contributed by atoms with E-state index in [4.69, 9.17) is 9.47 Å². The zero-order valence-electron chi connectivity index (χ0n) is 11.3. The van der Waals surface area contributed by atoms with Crippen LogP contribution in [0.5, 0.6) is 11.5 Å². The van der Waals surface area contributed by atoms with Gasteiger partial charge in [0.25, 0.3) is 0 Å². The smallest absolute Gasteiger partial charge is 0.127 e. The average molecular weight is 278 g/mol. The van der Waals surface area contributed by atoms with Crippen molar-refractivity contribution in [3.63, 3.8) is 0 Å². The highest BCUT2D eigenvalue weighted by Gasteiger charge is 2.22. The molecule has 2 aromatic rings. The highest BCUT2D eigenvalue weighted by atomic mass is 32.1. The van der Waals surface area contributed by atoms with Gasteiger partial charge in [-0.25, -0.2) is 0 Å². The predicted molar refractivity (Wildman–Crippen MR) is 77.2 cm³/mol. The van der Waals surface area contributed by atoms with E-state index in [0.29, 0.717) is 0 Å². The molecule has 0 bridgehead atoms. The summed E-state index contributed by atoms with van der Waals surface area (Å²) in [5, 5.41) is 3.46. The lowest BCUT2D eigenvalue weighted by molar-refractivity contribution is 0.378. The number of rotatable bonds is 6. The summed E-state index contributed by atoms with van der Waals surface area (Å²) in [4.78, 5) is 5.30. The standard InChI is InChI=1S/C14H18N2O2S/c1-4-16-14(12-8-15-9-19-12)13-10(17-2)6-5-7-11(13)18-3/h5-9,14,16H,4H2,1-3H3. The van der Waals surface area contributed by atoms with Crippen molar-refractivity contribution in [1.29, 1.82) is 0 Å². The van der Waals surface area contributed by atoms with E-state index >= 15 is 0 Å². The van der Waals surface area contributed by atoms with Crippen LogP contribution in [0.1, 0.15) is 23.4 Å². The van der Waals surface area contributed by atoms with Crippen LogP contribution in [0.15, 0.2) is 29.9 Å². The fourth-order valence-corrected chi connectivity index (χ4v) is 2.78. The Morgan fingerprint density at radius 1 is 1.26 bits per heavy atom. The van der Waals surface area contributed by atoms with Crippen molar-refractivity contribution in [3.05, 3.63) is 40.3 Å². The summed E-state index contributed by atoms with van der Waals surface area (Å²) in [7, 11) is 3.35. The van der Waals surface area contributed by atoms with Gasteiger partial charge in [-0.3, -0.25) is 4.98 Å². The molecular formula is C14H18N2O2S. The molecule has 0 aliphatic rings. The Kier molecular flexibility index (Phi) is 4.76. The van der Waals surface area contributed by atoms with Crippen molar-refractivity contribution in [2.45, 2.75) is 13.0 Å². The van der Waals surface area contributed by atoms with E-state index in [-0.39, 0.29) is 6.04 Å². The van der Waals surface area contributed by atoms with Crippen molar-refractivity contribution in [3.8, 4) is 11.5 Å². The second-order valence-electron chi connectivity index (χ2n) is 3.97. The van der Waals surface area contributed by atoms with Crippen molar-refractivity contribution in [1.82, 2.24) is 10.3 Å². The van der Waals surface area contributed by atoms with Crippen LogP contribution >= 0.6 is 11.3 Å². The maximum Gasteiger partial charge on any atom is 0.127 e. The summed E-state index contributed by atoms with van der Waals surface area (Å²) in [6, 6.07) is 5.85. The van der Waals surface area contributed by atoms with Gasteiger partial charge in [0.15, 0.2) is 0 Å². The van der Waals surface area contributed by atoms with Crippen molar-refractivity contribution in [2.75, 3.05) is 20.8 Å². The molecule has 0 radical (unpaired) electrons. The highest BCUT2D eigenvalue weighted by Crippen LogP contribution is 2.38. The van der Waals surface area contributed by atoms with Gasteiger partial charge in [0.1, 0.15) is 11.5 Å². The van der Waals surface area contributed by atoms with Gasteiger partial charge in [-0.15, -0.1) is 11.3 Å². The van der Waals surface area contributed by atoms with E-state index < -0.39 is 0 Å². The van der Waals surface area contributed by atoms with Gasteiger partial charge in [-0.1, -0.05) is 13.0 Å². The molecule has 1 heterocycles. The van der Waals surface area contributed by atoms with Gasteiger partial charge in [0.05, 0.1) is 31.3 Å². The van der Waals surface area contributed by atoms with Crippen LogP contribution in [-0.2, 0) is 0 Å². The first kappa shape index (κ1) is 13.8. The lowest BCUT2D eigenvalue weighted by Crippen LogP contribution is -2.22. The van der Waals surface area contributed by atoms with Gasteiger partial charge in [0.2, 0.25) is 0 Å². The lowest BCUT2D eigenvalue weighted by Gasteiger charge is -2.21. The Hall–Kier alpha value is -1.59. The van der Waals surface area contributed by atoms with Gasteiger partial charge in [-0.05, 0) is 18.7 Å². The molecule has 1 aromatic heterocycles. The Labute approximate surface area is 117 Å². The monoisotopic (exact) mass is 278 g/mol. The fourth-order valence-electron chi connectivity index (χ4n) is 2.08. The molecule has 0 spiro atoms.